The third-order valence-corrected chi connectivity index (χ3v) is 4.32. The SMILES string of the molecule is CCC(CC1CC1)Nc1nc2c(cc1C#N)CCC2. The molecule has 19 heavy (non-hydrogen) atoms. The van der Waals surface area contributed by atoms with Crippen molar-refractivity contribution < 1.29 is 0 Å². The Kier molecular flexibility index (Phi) is 3.42. The molecular formula is C16H21N3. The number of aryl methyl sites for hydroxylation is 2. The van der Waals surface area contributed by atoms with E-state index in [1.165, 1.54) is 36.9 Å². The summed E-state index contributed by atoms with van der Waals surface area (Å²) in [6, 6.07) is 4.81. The number of anilines is 1. The third-order valence-electron chi connectivity index (χ3n) is 4.32. The number of hydrogen-bond donors (Lipinski definition) is 1. The number of fused-ring (bicyclic) bond motifs is 1. The number of hydrogen-bond acceptors (Lipinski definition) is 3. The lowest BCUT2D eigenvalue weighted by Crippen LogP contribution is -2.21. The molecule has 3 nitrogen and oxygen atoms in total. The summed E-state index contributed by atoms with van der Waals surface area (Å²) in [6.45, 7) is 2.21. The van der Waals surface area contributed by atoms with Crippen molar-refractivity contribution in [3.8, 4) is 6.07 Å². The minimum Gasteiger partial charge on any atom is -0.366 e. The Morgan fingerprint density at radius 3 is 3.00 bits per heavy atom. The lowest BCUT2D eigenvalue weighted by molar-refractivity contribution is 0.584. The van der Waals surface area contributed by atoms with Crippen molar-refractivity contribution in [2.45, 2.75) is 57.9 Å². The van der Waals surface area contributed by atoms with E-state index in [9.17, 15) is 5.26 Å². The van der Waals surface area contributed by atoms with Gasteiger partial charge in [0.1, 0.15) is 11.9 Å². The first-order chi connectivity index (χ1) is 9.30. The Morgan fingerprint density at radius 2 is 2.32 bits per heavy atom. The number of nitrogens with zero attached hydrogens (tertiary/aromatic N) is 2. The molecule has 1 saturated carbocycles. The molecule has 2 aliphatic carbocycles. The second kappa shape index (κ2) is 5.21. The highest BCUT2D eigenvalue weighted by Gasteiger charge is 2.25. The van der Waals surface area contributed by atoms with Crippen LogP contribution in [0.5, 0.6) is 0 Å². The van der Waals surface area contributed by atoms with Crippen LogP contribution in [0.2, 0.25) is 0 Å². The van der Waals surface area contributed by atoms with Gasteiger partial charge in [-0.3, -0.25) is 0 Å². The molecule has 0 bridgehead atoms. The Bertz CT molecular complexity index is 511. The van der Waals surface area contributed by atoms with Gasteiger partial charge >= 0.3 is 0 Å². The molecule has 1 heterocycles. The number of nitrogens with one attached hydrogen (secondary N) is 1. The van der Waals surface area contributed by atoms with Crippen molar-refractivity contribution >= 4 is 5.82 Å². The summed E-state index contributed by atoms with van der Waals surface area (Å²) in [4.78, 5) is 4.71. The summed E-state index contributed by atoms with van der Waals surface area (Å²) in [6.07, 6.45) is 8.39. The van der Waals surface area contributed by atoms with Gasteiger partial charge in [0, 0.05) is 11.7 Å². The van der Waals surface area contributed by atoms with Crippen molar-refractivity contribution in [2.75, 3.05) is 5.32 Å². The number of pyridine rings is 1. The van der Waals surface area contributed by atoms with Gasteiger partial charge in [0.25, 0.3) is 0 Å². The number of rotatable bonds is 5. The molecule has 1 N–H and O–H groups in total. The molecule has 1 unspecified atom stereocenters. The molecule has 1 aromatic rings. The van der Waals surface area contributed by atoms with E-state index in [0.717, 1.165) is 36.6 Å². The largest absolute Gasteiger partial charge is 0.366 e. The van der Waals surface area contributed by atoms with Gasteiger partial charge < -0.3 is 5.32 Å². The quantitative estimate of drug-likeness (QED) is 0.877. The first kappa shape index (κ1) is 12.5. The average molecular weight is 255 g/mol. The lowest BCUT2D eigenvalue weighted by Gasteiger charge is -2.18. The maximum Gasteiger partial charge on any atom is 0.144 e. The summed E-state index contributed by atoms with van der Waals surface area (Å²) >= 11 is 0. The lowest BCUT2D eigenvalue weighted by atomic mass is 10.1. The van der Waals surface area contributed by atoms with E-state index in [2.05, 4.69) is 18.3 Å². The molecule has 0 aliphatic heterocycles. The van der Waals surface area contributed by atoms with E-state index in [1.54, 1.807) is 0 Å². The van der Waals surface area contributed by atoms with E-state index in [0.29, 0.717) is 6.04 Å². The Balaban J connectivity index is 1.80. The molecule has 1 atom stereocenters. The number of aromatic nitrogens is 1. The van der Waals surface area contributed by atoms with E-state index >= 15 is 0 Å². The smallest absolute Gasteiger partial charge is 0.144 e. The second-order valence-electron chi connectivity index (χ2n) is 5.88. The van der Waals surface area contributed by atoms with Gasteiger partial charge in [0.2, 0.25) is 0 Å². The van der Waals surface area contributed by atoms with Gasteiger partial charge in [-0.05, 0) is 49.7 Å². The summed E-state index contributed by atoms with van der Waals surface area (Å²) < 4.78 is 0. The minimum atomic E-state index is 0.464. The van der Waals surface area contributed by atoms with Crippen LogP contribution >= 0.6 is 0 Å². The van der Waals surface area contributed by atoms with Gasteiger partial charge in [-0.25, -0.2) is 4.98 Å². The highest BCUT2D eigenvalue weighted by Crippen LogP contribution is 2.35. The van der Waals surface area contributed by atoms with Gasteiger partial charge in [0.15, 0.2) is 0 Å². The maximum absolute atomic E-state index is 9.30. The Labute approximate surface area is 115 Å². The van der Waals surface area contributed by atoms with Crippen molar-refractivity contribution in [3.63, 3.8) is 0 Å². The molecule has 100 valence electrons. The Hall–Kier alpha value is -1.56. The average Bonchev–Trinajstić information content (AvgIpc) is 3.13. The van der Waals surface area contributed by atoms with Crippen molar-refractivity contribution in [1.29, 1.82) is 5.26 Å². The molecule has 2 aliphatic rings. The molecule has 0 aromatic carbocycles. The predicted molar refractivity (Wildman–Crippen MR) is 76.0 cm³/mol. The summed E-state index contributed by atoms with van der Waals surface area (Å²) in [5, 5.41) is 12.8. The van der Waals surface area contributed by atoms with Gasteiger partial charge in [-0.2, -0.15) is 5.26 Å². The Morgan fingerprint density at radius 1 is 1.47 bits per heavy atom. The topological polar surface area (TPSA) is 48.7 Å². The number of nitriles is 1. The standard InChI is InChI=1S/C16H21N3/c1-2-14(8-11-6-7-11)18-16-13(10-17)9-12-4-3-5-15(12)19-16/h9,11,14H,2-8H2,1H3,(H,18,19). The van der Waals surface area contributed by atoms with Crippen molar-refractivity contribution in [3.05, 3.63) is 22.9 Å². The highest BCUT2D eigenvalue weighted by atomic mass is 15.0. The molecule has 1 fully saturated rings. The zero-order valence-corrected chi connectivity index (χ0v) is 11.6. The maximum atomic E-state index is 9.30. The van der Waals surface area contributed by atoms with E-state index in [1.807, 2.05) is 6.07 Å². The monoisotopic (exact) mass is 255 g/mol. The van der Waals surface area contributed by atoms with Crippen LogP contribution in [-0.2, 0) is 12.8 Å². The fourth-order valence-electron chi connectivity index (χ4n) is 2.94. The summed E-state index contributed by atoms with van der Waals surface area (Å²) in [7, 11) is 0. The second-order valence-corrected chi connectivity index (χ2v) is 5.88. The van der Waals surface area contributed by atoms with Crippen LogP contribution in [0.3, 0.4) is 0 Å². The van der Waals surface area contributed by atoms with E-state index in [4.69, 9.17) is 4.98 Å². The molecule has 0 amide bonds. The molecule has 0 saturated heterocycles. The molecule has 0 spiro atoms. The zero-order chi connectivity index (χ0) is 13.2. The van der Waals surface area contributed by atoms with Crippen LogP contribution in [0.25, 0.3) is 0 Å². The van der Waals surface area contributed by atoms with Gasteiger partial charge in [0.05, 0.1) is 5.56 Å². The normalized spacial score (nSPS) is 18.7. The van der Waals surface area contributed by atoms with Gasteiger partial charge in [-0.15, -0.1) is 0 Å². The molecule has 3 heteroatoms. The first-order valence-electron chi connectivity index (χ1n) is 7.49. The molecule has 3 rings (SSSR count). The van der Waals surface area contributed by atoms with Crippen LogP contribution in [-0.4, -0.2) is 11.0 Å². The minimum absolute atomic E-state index is 0.464. The first-order valence-corrected chi connectivity index (χ1v) is 7.49. The van der Waals surface area contributed by atoms with E-state index < -0.39 is 0 Å². The molecular weight excluding hydrogens is 234 g/mol. The fourth-order valence-corrected chi connectivity index (χ4v) is 2.94. The van der Waals surface area contributed by atoms with Crippen LogP contribution < -0.4 is 5.32 Å². The van der Waals surface area contributed by atoms with Crippen molar-refractivity contribution in [1.82, 2.24) is 4.98 Å². The van der Waals surface area contributed by atoms with Crippen LogP contribution in [0.15, 0.2) is 6.07 Å². The van der Waals surface area contributed by atoms with Crippen LogP contribution in [0.4, 0.5) is 5.82 Å². The van der Waals surface area contributed by atoms with Crippen molar-refractivity contribution in [2.24, 2.45) is 5.92 Å². The zero-order valence-electron chi connectivity index (χ0n) is 11.6. The fraction of sp³-hybridized carbons (Fsp3) is 0.625. The molecule has 1 aromatic heterocycles. The highest BCUT2D eigenvalue weighted by molar-refractivity contribution is 5.55. The third kappa shape index (κ3) is 2.73. The summed E-state index contributed by atoms with van der Waals surface area (Å²) in [5.41, 5.74) is 3.19. The molecule has 0 radical (unpaired) electrons. The van der Waals surface area contributed by atoms with Crippen LogP contribution in [0.1, 0.15) is 55.8 Å². The van der Waals surface area contributed by atoms with E-state index in [-0.39, 0.29) is 0 Å². The van der Waals surface area contributed by atoms with Gasteiger partial charge in [-0.1, -0.05) is 19.8 Å². The van der Waals surface area contributed by atoms with Crippen LogP contribution in [0, 0.1) is 17.2 Å². The predicted octanol–water partition coefficient (Wildman–Crippen LogP) is 3.43. The summed E-state index contributed by atoms with van der Waals surface area (Å²) in [5.74, 6) is 1.72.